The number of pyridine rings is 1. The fraction of sp³-hybridized carbons (Fsp3) is 0.111. The maximum atomic E-state index is 12.2. The standard InChI is InChI=1S/C18H14ClN3O3S/c1-11(25-17(24)13-7-8-15(19)20-9-13)16(23)22-18-21-14(10-26-18)12-5-3-2-4-6-12/h2-11H,1H3,(H,21,22,23)/t11-/m0/s1. The number of carbonyl (C=O) groups is 2. The average Bonchev–Trinajstić information content (AvgIpc) is 3.11. The number of thiazole rings is 1. The van der Waals surface area contributed by atoms with Gasteiger partial charge in [-0.05, 0) is 19.1 Å². The van der Waals surface area contributed by atoms with Gasteiger partial charge in [-0.25, -0.2) is 14.8 Å². The first-order valence-corrected chi connectivity index (χ1v) is 8.93. The van der Waals surface area contributed by atoms with E-state index in [1.807, 2.05) is 35.7 Å². The lowest BCUT2D eigenvalue weighted by atomic mass is 10.2. The topological polar surface area (TPSA) is 81.2 Å². The number of anilines is 1. The second-order valence-corrected chi connectivity index (χ2v) is 6.56. The van der Waals surface area contributed by atoms with Crippen LogP contribution in [0.25, 0.3) is 11.3 Å². The van der Waals surface area contributed by atoms with Crippen molar-refractivity contribution in [2.75, 3.05) is 5.32 Å². The van der Waals surface area contributed by atoms with Gasteiger partial charge in [-0.15, -0.1) is 11.3 Å². The summed E-state index contributed by atoms with van der Waals surface area (Å²) in [6, 6.07) is 12.6. The van der Waals surface area contributed by atoms with Crippen molar-refractivity contribution in [3.05, 3.63) is 64.8 Å². The van der Waals surface area contributed by atoms with Gasteiger partial charge in [0.05, 0.1) is 11.3 Å². The van der Waals surface area contributed by atoms with E-state index in [2.05, 4.69) is 15.3 Å². The molecule has 132 valence electrons. The van der Waals surface area contributed by atoms with Gasteiger partial charge in [-0.1, -0.05) is 41.9 Å². The maximum absolute atomic E-state index is 12.2. The largest absolute Gasteiger partial charge is 0.449 e. The Labute approximate surface area is 158 Å². The Bertz CT molecular complexity index is 913. The highest BCUT2D eigenvalue weighted by atomic mass is 35.5. The van der Waals surface area contributed by atoms with E-state index in [9.17, 15) is 9.59 Å². The molecule has 8 heteroatoms. The third-order valence-corrected chi connectivity index (χ3v) is 4.40. The molecule has 1 aromatic carbocycles. The molecule has 0 aliphatic heterocycles. The van der Waals surface area contributed by atoms with Crippen molar-refractivity contribution in [1.29, 1.82) is 0 Å². The van der Waals surface area contributed by atoms with Crippen LogP contribution in [-0.4, -0.2) is 27.9 Å². The minimum absolute atomic E-state index is 0.217. The van der Waals surface area contributed by atoms with Crippen molar-refractivity contribution in [3.8, 4) is 11.3 Å². The predicted octanol–water partition coefficient (Wildman–Crippen LogP) is 4.04. The van der Waals surface area contributed by atoms with Gasteiger partial charge in [0.25, 0.3) is 5.91 Å². The molecule has 0 unspecified atom stereocenters. The molecule has 1 N–H and O–H groups in total. The van der Waals surface area contributed by atoms with Crippen LogP contribution in [0.4, 0.5) is 5.13 Å². The minimum Gasteiger partial charge on any atom is -0.449 e. The molecule has 0 spiro atoms. The lowest BCUT2D eigenvalue weighted by molar-refractivity contribution is -0.123. The van der Waals surface area contributed by atoms with Crippen molar-refractivity contribution in [2.45, 2.75) is 13.0 Å². The average molecular weight is 388 g/mol. The summed E-state index contributed by atoms with van der Waals surface area (Å²) in [6.45, 7) is 1.49. The van der Waals surface area contributed by atoms with Crippen LogP contribution in [0.3, 0.4) is 0 Å². The summed E-state index contributed by atoms with van der Waals surface area (Å²) >= 11 is 6.97. The molecule has 2 aromatic heterocycles. The van der Waals surface area contributed by atoms with Gasteiger partial charge < -0.3 is 4.74 Å². The molecule has 2 heterocycles. The van der Waals surface area contributed by atoms with Crippen molar-refractivity contribution in [3.63, 3.8) is 0 Å². The van der Waals surface area contributed by atoms with Crippen molar-refractivity contribution in [2.24, 2.45) is 0 Å². The van der Waals surface area contributed by atoms with Crippen molar-refractivity contribution >= 4 is 39.9 Å². The SMILES string of the molecule is C[C@H](OC(=O)c1ccc(Cl)nc1)C(=O)Nc1nc(-c2ccccc2)cs1. The molecule has 0 aliphatic rings. The molecule has 0 radical (unpaired) electrons. The minimum atomic E-state index is -0.984. The first kappa shape index (κ1) is 18.0. The maximum Gasteiger partial charge on any atom is 0.340 e. The quantitative estimate of drug-likeness (QED) is 0.527. The van der Waals surface area contributed by atoms with Crippen LogP contribution in [-0.2, 0) is 9.53 Å². The number of nitrogens with zero attached hydrogens (tertiary/aromatic N) is 2. The molecule has 0 aliphatic carbocycles. The molecule has 6 nitrogen and oxygen atoms in total. The Morgan fingerprint density at radius 2 is 1.96 bits per heavy atom. The van der Waals surface area contributed by atoms with Crippen molar-refractivity contribution in [1.82, 2.24) is 9.97 Å². The number of hydrogen-bond acceptors (Lipinski definition) is 6. The summed E-state index contributed by atoms with van der Waals surface area (Å²) in [7, 11) is 0. The van der Waals surface area contributed by atoms with Crippen LogP contribution in [0, 0.1) is 0 Å². The number of aromatic nitrogens is 2. The Kier molecular flexibility index (Phi) is 5.60. The van der Waals surface area contributed by atoms with E-state index >= 15 is 0 Å². The molecule has 1 amide bonds. The van der Waals surface area contributed by atoms with E-state index in [-0.39, 0.29) is 10.7 Å². The Morgan fingerprint density at radius 1 is 1.19 bits per heavy atom. The fourth-order valence-electron chi connectivity index (χ4n) is 2.06. The zero-order valence-corrected chi connectivity index (χ0v) is 15.3. The van der Waals surface area contributed by atoms with Gasteiger partial charge >= 0.3 is 5.97 Å². The van der Waals surface area contributed by atoms with Crippen LogP contribution in [0.5, 0.6) is 0 Å². The van der Waals surface area contributed by atoms with E-state index in [4.69, 9.17) is 16.3 Å². The molecular formula is C18H14ClN3O3S. The molecule has 0 fully saturated rings. The molecule has 26 heavy (non-hydrogen) atoms. The van der Waals surface area contributed by atoms with Crippen molar-refractivity contribution < 1.29 is 14.3 Å². The fourth-order valence-corrected chi connectivity index (χ4v) is 2.89. The second-order valence-electron chi connectivity index (χ2n) is 5.31. The van der Waals surface area contributed by atoms with Gasteiger partial charge in [0.15, 0.2) is 11.2 Å². The number of rotatable bonds is 5. The van der Waals surface area contributed by atoms with Gasteiger partial charge in [-0.3, -0.25) is 10.1 Å². The lowest BCUT2D eigenvalue weighted by Gasteiger charge is -2.12. The summed E-state index contributed by atoms with van der Waals surface area (Å²) < 4.78 is 5.14. The monoisotopic (exact) mass is 387 g/mol. The van der Waals surface area contributed by atoms with Crippen LogP contribution in [0.2, 0.25) is 5.15 Å². The summed E-state index contributed by atoms with van der Waals surface area (Å²) in [4.78, 5) is 32.4. The summed E-state index contributed by atoms with van der Waals surface area (Å²) in [5.74, 6) is -1.12. The lowest BCUT2D eigenvalue weighted by Crippen LogP contribution is -2.30. The summed E-state index contributed by atoms with van der Waals surface area (Å²) in [5, 5.41) is 5.20. The van der Waals surface area contributed by atoms with E-state index in [1.54, 1.807) is 0 Å². The number of ether oxygens (including phenoxy) is 1. The Balaban J connectivity index is 1.60. The highest BCUT2D eigenvalue weighted by Gasteiger charge is 2.20. The number of halogens is 1. The van der Waals surface area contributed by atoms with E-state index in [0.29, 0.717) is 5.13 Å². The third-order valence-electron chi connectivity index (χ3n) is 3.42. The molecule has 3 rings (SSSR count). The number of nitrogens with one attached hydrogen (secondary N) is 1. The summed E-state index contributed by atoms with van der Waals surface area (Å²) in [5.41, 5.74) is 1.94. The molecule has 1 atom stereocenters. The van der Waals surface area contributed by atoms with E-state index in [1.165, 1.54) is 36.6 Å². The third kappa shape index (κ3) is 4.44. The number of benzene rings is 1. The number of esters is 1. The zero-order chi connectivity index (χ0) is 18.5. The van der Waals surface area contributed by atoms with Crippen LogP contribution in [0.15, 0.2) is 54.0 Å². The smallest absolute Gasteiger partial charge is 0.340 e. The van der Waals surface area contributed by atoms with Crippen LogP contribution in [0.1, 0.15) is 17.3 Å². The Morgan fingerprint density at radius 3 is 2.65 bits per heavy atom. The molecule has 0 bridgehead atoms. The zero-order valence-electron chi connectivity index (χ0n) is 13.7. The van der Waals surface area contributed by atoms with Gasteiger partial charge in [0, 0.05) is 17.1 Å². The highest BCUT2D eigenvalue weighted by Crippen LogP contribution is 2.24. The molecular weight excluding hydrogens is 374 g/mol. The second kappa shape index (κ2) is 8.07. The number of amides is 1. The van der Waals surface area contributed by atoms with Gasteiger partial charge in [-0.2, -0.15) is 0 Å². The van der Waals surface area contributed by atoms with Gasteiger partial charge in [0.2, 0.25) is 0 Å². The summed E-state index contributed by atoms with van der Waals surface area (Å²) in [6.07, 6.45) is 0.310. The first-order valence-electron chi connectivity index (χ1n) is 7.67. The first-order chi connectivity index (χ1) is 12.5. The van der Waals surface area contributed by atoms with E-state index in [0.717, 1.165) is 11.3 Å². The highest BCUT2D eigenvalue weighted by molar-refractivity contribution is 7.14. The normalized spacial score (nSPS) is 11.6. The molecule has 0 saturated heterocycles. The van der Waals surface area contributed by atoms with Crippen LogP contribution >= 0.6 is 22.9 Å². The Hall–Kier alpha value is -2.77. The van der Waals surface area contributed by atoms with E-state index < -0.39 is 18.0 Å². The molecule has 3 aromatic rings. The van der Waals surface area contributed by atoms with Gasteiger partial charge in [0.1, 0.15) is 5.15 Å². The number of hydrogen-bond donors (Lipinski definition) is 1. The van der Waals surface area contributed by atoms with Crippen LogP contribution < -0.4 is 5.32 Å². The molecule has 0 saturated carbocycles. The predicted molar refractivity (Wildman–Crippen MR) is 100 cm³/mol. The number of carbonyl (C=O) groups excluding carboxylic acids is 2.